The Labute approximate surface area is 175 Å². The van der Waals surface area contributed by atoms with Gasteiger partial charge in [-0.3, -0.25) is 9.79 Å². The molecule has 7 heteroatoms. The molecular weight excluding hydrogens is 380 g/mol. The van der Waals surface area contributed by atoms with E-state index in [2.05, 4.69) is 15.6 Å². The van der Waals surface area contributed by atoms with Crippen LogP contribution in [0.3, 0.4) is 0 Å². The summed E-state index contributed by atoms with van der Waals surface area (Å²) in [4.78, 5) is 30.2. The lowest BCUT2D eigenvalue weighted by Gasteiger charge is -2.30. The summed E-state index contributed by atoms with van der Waals surface area (Å²) >= 11 is 0. The molecule has 2 heterocycles. The maximum absolute atomic E-state index is 13.3. The van der Waals surface area contributed by atoms with Crippen molar-refractivity contribution in [2.24, 2.45) is 4.99 Å². The number of carboxylic acid groups (broad SMARTS) is 1. The van der Waals surface area contributed by atoms with Crippen LogP contribution in [0.4, 0.5) is 11.4 Å². The lowest BCUT2D eigenvalue weighted by Crippen LogP contribution is -2.36. The number of fused-ring (bicyclic) bond motifs is 1. The van der Waals surface area contributed by atoms with Crippen LogP contribution in [-0.2, 0) is 11.2 Å². The smallest absolute Gasteiger partial charge is 0.328 e. The number of hydrogen-bond donors (Lipinski definition) is 3. The van der Waals surface area contributed by atoms with Gasteiger partial charge in [0.25, 0.3) is 5.91 Å². The first-order valence-electron chi connectivity index (χ1n) is 10.1. The molecule has 3 N–H and O–H groups in total. The number of nitrogens with one attached hydrogen (secondary N) is 2. The van der Waals surface area contributed by atoms with Crippen LogP contribution in [0.1, 0.15) is 34.3 Å². The lowest BCUT2D eigenvalue weighted by molar-refractivity contribution is -0.131. The van der Waals surface area contributed by atoms with Crippen molar-refractivity contribution in [3.8, 4) is 0 Å². The Hall–Kier alpha value is -3.61. The van der Waals surface area contributed by atoms with E-state index in [0.717, 1.165) is 66.9 Å². The van der Waals surface area contributed by atoms with Crippen LogP contribution in [-0.4, -0.2) is 42.6 Å². The number of rotatable bonds is 4. The highest BCUT2D eigenvalue weighted by Crippen LogP contribution is 2.30. The van der Waals surface area contributed by atoms with Crippen molar-refractivity contribution in [2.75, 3.05) is 29.9 Å². The van der Waals surface area contributed by atoms with Gasteiger partial charge in [0, 0.05) is 42.6 Å². The highest BCUT2D eigenvalue weighted by Gasteiger charge is 2.24. The maximum Gasteiger partial charge on any atom is 0.328 e. The molecule has 2 aromatic carbocycles. The fraction of sp³-hybridized carbons (Fsp3) is 0.261. The van der Waals surface area contributed by atoms with E-state index in [1.807, 2.05) is 42.5 Å². The molecule has 2 aliphatic rings. The van der Waals surface area contributed by atoms with Gasteiger partial charge in [0.05, 0.1) is 0 Å². The summed E-state index contributed by atoms with van der Waals surface area (Å²) in [5.41, 5.74) is 4.18. The minimum Gasteiger partial charge on any atom is -0.478 e. The van der Waals surface area contributed by atoms with Crippen LogP contribution in [0.5, 0.6) is 0 Å². The van der Waals surface area contributed by atoms with Crippen molar-refractivity contribution in [1.82, 2.24) is 5.32 Å². The van der Waals surface area contributed by atoms with Gasteiger partial charge in [0.1, 0.15) is 0 Å². The molecule has 0 bridgehead atoms. The topological polar surface area (TPSA) is 94.0 Å². The van der Waals surface area contributed by atoms with E-state index in [1.54, 1.807) is 11.0 Å². The average molecular weight is 404 g/mol. The Morgan fingerprint density at radius 3 is 2.87 bits per heavy atom. The minimum atomic E-state index is -0.979. The zero-order chi connectivity index (χ0) is 20.9. The number of carboxylic acids is 1. The van der Waals surface area contributed by atoms with Crippen molar-refractivity contribution in [2.45, 2.75) is 19.3 Å². The summed E-state index contributed by atoms with van der Waals surface area (Å²) in [5.74, 6) is -0.296. The van der Waals surface area contributed by atoms with Crippen LogP contribution in [0.15, 0.2) is 53.5 Å². The fourth-order valence-electron chi connectivity index (χ4n) is 3.74. The van der Waals surface area contributed by atoms with E-state index < -0.39 is 5.97 Å². The molecule has 2 aliphatic heterocycles. The van der Waals surface area contributed by atoms with Gasteiger partial charge in [0.2, 0.25) is 0 Å². The zero-order valence-electron chi connectivity index (χ0n) is 16.6. The lowest BCUT2D eigenvalue weighted by atomic mass is 9.98. The first-order valence-corrected chi connectivity index (χ1v) is 10.1. The number of aryl methyl sites for hydroxylation is 1. The molecule has 154 valence electrons. The van der Waals surface area contributed by atoms with Gasteiger partial charge in [-0.05, 0) is 66.8 Å². The molecule has 0 radical (unpaired) electrons. The van der Waals surface area contributed by atoms with Crippen LogP contribution < -0.4 is 15.5 Å². The van der Waals surface area contributed by atoms with Gasteiger partial charge in [-0.15, -0.1) is 0 Å². The van der Waals surface area contributed by atoms with Gasteiger partial charge in [-0.1, -0.05) is 12.1 Å². The maximum atomic E-state index is 13.3. The van der Waals surface area contributed by atoms with Crippen molar-refractivity contribution < 1.29 is 14.7 Å². The number of amides is 1. The molecule has 0 aromatic heterocycles. The van der Waals surface area contributed by atoms with Crippen molar-refractivity contribution >= 4 is 35.3 Å². The van der Waals surface area contributed by atoms with E-state index >= 15 is 0 Å². The van der Waals surface area contributed by atoms with Gasteiger partial charge < -0.3 is 20.6 Å². The molecule has 30 heavy (non-hydrogen) atoms. The third-order valence-electron chi connectivity index (χ3n) is 5.16. The number of carbonyl (C=O) groups is 2. The average Bonchev–Trinajstić information content (AvgIpc) is 2.77. The summed E-state index contributed by atoms with van der Waals surface area (Å²) in [6, 6.07) is 13.1. The molecule has 1 amide bonds. The summed E-state index contributed by atoms with van der Waals surface area (Å²) in [7, 11) is 0. The molecule has 7 nitrogen and oxygen atoms in total. The molecule has 0 aliphatic carbocycles. The normalized spacial score (nSPS) is 15.9. The first kappa shape index (κ1) is 19.7. The first-order chi connectivity index (χ1) is 14.6. The largest absolute Gasteiger partial charge is 0.478 e. The predicted molar refractivity (Wildman–Crippen MR) is 118 cm³/mol. The van der Waals surface area contributed by atoms with E-state index in [-0.39, 0.29) is 5.91 Å². The quantitative estimate of drug-likeness (QED) is 0.681. The molecular formula is C23H24N4O3. The van der Waals surface area contributed by atoms with Gasteiger partial charge in [0.15, 0.2) is 5.96 Å². The second-order valence-corrected chi connectivity index (χ2v) is 7.34. The van der Waals surface area contributed by atoms with E-state index in [1.165, 1.54) is 0 Å². The predicted octanol–water partition coefficient (Wildman–Crippen LogP) is 3.14. The second kappa shape index (κ2) is 8.82. The van der Waals surface area contributed by atoms with E-state index in [4.69, 9.17) is 5.11 Å². The number of nitrogens with zero attached hydrogens (tertiary/aromatic N) is 2. The number of benzene rings is 2. The Kier molecular flexibility index (Phi) is 5.79. The van der Waals surface area contributed by atoms with E-state index in [9.17, 15) is 9.59 Å². The molecule has 0 spiro atoms. The van der Waals surface area contributed by atoms with Crippen molar-refractivity contribution in [3.05, 3.63) is 65.2 Å². The number of anilines is 2. The van der Waals surface area contributed by atoms with Crippen LogP contribution in [0.25, 0.3) is 6.08 Å². The van der Waals surface area contributed by atoms with Gasteiger partial charge in [-0.2, -0.15) is 0 Å². The summed E-state index contributed by atoms with van der Waals surface area (Å²) in [6.45, 7) is 2.34. The third kappa shape index (κ3) is 4.51. The number of hydrogen-bond acceptors (Lipinski definition) is 5. The highest BCUT2D eigenvalue weighted by molar-refractivity contribution is 6.07. The summed E-state index contributed by atoms with van der Waals surface area (Å²) in [6.07, 6.45) is 5.44. The monoisotopic (exact) mass is 404 g/mol. The Morgan fingerprint density at radius 1 is 1.17 bits per heavy atom. The van der Waals surface area contributed by atoms with Crippen molar-refractivity contribution in [3.63, 3.8) is 0 Å². The number of aliphatic carboxylic acids is 1. The van der Waals surface area contributed by atoms with E-state index in [0.29, 0.717) is 12.1 Å². The summed E-state index contributed by atoms with van der Waals surface area (Å²) < 4.78 is 0. The number of aliphatic imine (C=N–C) groups is 1. The molecule has 0 atom stereocenters. The summed E-state index contributed by atoms with van der Waals surface area (Å²) in [5, 5.41) is 15.3. The molecule has 0 saturated heterocycles. The standard InChI is InChI=1S/C23H24N4O3/c28-21(29)10-8-16-7-9-20-17(14-16)5-2-13-27(20)22(30)18-4-1-6-19(15-18)26-23-24-11-3-12-25-23/h1,4,6-10,14-15H,2-3,5,11-13H2,(H,28,29)(H2,24,25,26)/b10-8+. The number of guanidine groups is 1. The molecule has 4 rings (SSSR count). The SMILES string of the molecule is O=C(O)/C=C/c1ccc2c(c1)CCCN2C(=O)c1cccc(NC2=NCCCN2)c1. The fourth-order valence-corrected chi connectivity index (χ4v) is 3.74. The second-order valence-electron chi connectivity index (χ2n) is 7.34. The third-order valence-corrected chi connectivity index (χ3v) is 5.16. The van der Waals surface area contributed by atoms with Crippen LogP contribution >= 0.6 is 0 Å². The van der Waals surface area contributed by atoms with Crippen LogP contribution in [0.2, 0.25) is 0 Å². The highest BCUT2D eigenvalue weighted by atomic mass is 16.4. The Balaban J connectivity index is 1.55. The minimum absolute atomic E-state index is 0.0491. The van der Waals surface area contributed by atoms with Crippen molar-refractivity contribution in [1.29, 1.82) is 0 Å². The van der Waals surface area contributed by atoms with Crippen LogP contribution in [0, 0.1) is 0 Å². The Bertz CT molecular complexity index is 1030. The Morgan fingerprint density at radius 2 is 2.07 bits per heavy atom. The number of carbonyl (C=O) groups excluding carboxylic acids is 1. The van der Waals surface area contributed by atoms with Gasteiger partial charge in [-0.25, -0.2) is 4.79 Å². The molecule has 0 unspecified atom stereocenters. The molecule has 0 fully saturated rings. The molecule has 0 saturated carbocycles. The van der Waals surface area contributed by atoms with Gasteiger partial charge >= 0.3 is 5.97 Å². The molecule has 2 aromatic rings. The zero-order valence-corrected chi connectivity index (χ0v) is 16.6.